The first-order valence-corrected chi connectivity index (χ1v) is 5.94. The van der Waals surface area contributed by atoms with E-state index in [-0.39, 0.29) is 23.4 Å². The summed E-state index contributed by atoms with van der Waals surface area (Å²) in [6.45, 7) is 3.30. The van der Waals surface area contributed by atoms with E-state index in [4.69, 9.17) is 0 Å². The third kappa shape index (κ3) is 2.87. The number of halogens is 1. The summed E-state index contributed by atoms with van der Waals surface area (Å²) in [7, 11) is 0. The van der Waals surface area contributed by atoms with Crippen LogP contribution in [-0.4, -0.2) is 23.9 Å². The number of nitro groups is 1. The molecule has 1 heterocycles. The third-order valence-corrected chi connectivity index (χ3v) is 3.35. The SMILES string of the molecule is CC(C(=O)Nc1ccc(F)cc1[N+](=O)[O-])C1CNC1. The van der Waals surface area contributed by atoms with Crippen LogP contribution in [0.2, 0.25) is 0 Å². The second-order valence-electron chi connectivity index (χ2n) is 4.61. The first kappa shape index (κ1) is 13.4. The van der Waals surface area contributed by atoms with Gasteiger partial charge >= 0.3 is 0 Å². The number of carbonyl (C=O) groups excluding carboxylic acids is 1. The van der Waals surface area contributed by atoms with Crippen LogP contribution < -0.4 is 10.6 Å². The Labute approximate surface area is 109 Å². The molecule has 1 amide bonds. The summed E-state index contributed by atoms with van der Waals surface area (Å²) in [5.41, 5.74) is -0.414. The molecule has 1 saturated heterocycles. The molecule has 1 fully saturated rings. The Bertz CT molecular complexity index is 517. The van der Waals surface area contributed by atoms with E-state index in [9.17, 15) is 19.3 Å². The van der Waals surface area contributed by atoms with Crippen LogP contribution in [-0.2, 0) is 4.79 Å². The van der Waals surface area contributed by atoms with Crippen molar-refractivity contribution in [3.05, 3.63) is 34.1 Å². The summed E-state index contributed by atoms with van der Waals surface area (Å²) < 4.78 is 13.0. The fraction of sp³-hybridized carbons (Fsp3) is 0.417. The number of benzene rings is 1. The van der Waals surface area contributed by atoms with Gasteiger partial charge in [0.05, 0.1) is 11.0 Å². The van der Waals surface area contributed by atoms with Crippen molar-refractivity contribution < 1.29 is 14.1 Å². The van der Waals surface area contributed by atoms with Gasteiger partial charge in [0.2, 0.25) is 5.91 Å². The molecule has 1 aliphatic heterocycles. The normalized spacial score (nSPS) is 16.5. The number of hydrogen-bond acceptors (Lipinski definition) is 4. The van der Waals surface area contributed by atoms with E-state index < -0.39 is 16.4 Å². The maximum atomic E-state index is 13.0. The summed E-state index contributed by atoms with van der Waals surface area (Å²) in [5.74, 6) is -1.01. The van der Waals surface area contributed by atoms with Crippen LogP contribution in [0.15, 0.2) is 18.2 Å². The molecular formula is C12H14FN3O3. The van der Waals surface area contributed by atoms with Crippen molar-refractivity contribution in [3.63, 3.8) is 0 Å². The van der Waals surface area contributed by atoms with Gasteiger partial charge in [0, 0.05) is 5.92 Å². The highest BCUT2D eigenvalue weighted by molar-refractivity contribution is 5.94. The van der Waals surface area contributed by atoms with Gasteiger partial charge < -0.3 is 10.6 Å². The number of hydrogen-bond donors (Lipinski definition) is 2. The molecule has 0 aliphatic carbocycles. The molecule has 1 aliphatic rings. The third-order valence-electron chi connectivity index (χ3n) is 3.35. The molecule has 0 spiro atoms. The number of carbonyl (C=O) groups is 1. The van der Waals surface area contributed by atoms with Gasteiger partial charge in [-0.1, -0.05) is 6.92 Å². The average molecular weight is 267 g/mol. The largest absolute Gasteiger partial charge is 0.320 e. The van der Waals surface area contributed by atoms with E-state index in [2.05, 4.69) is 10.6 Å². The van der Waals surface area contributed by atoms with E-state index in [0.29, 0.717) is 0 Å². The molecule has 0 aromatic heterocycles. The Morgan fingerprint density at radius 2 is 2.26 bits per heavy atom. The van der Waals surface area contributed by atoms with Gasteiger partial charge in [0.1, 0.15) is 11.5 Å². The summed E-state index contributed by atoms with van der Waals surface area (Å²) in [6.07, 6.45) is 0. The molecule has 0 bridgehead atoms. The van der Waals surface area contributed by atoms with Crippen LogP contribution in [0.4, 0.5) is 15.8 Å². The highest BCUT2D eigenvalue weighted by Gasteiger charge is 2.29. The minimum Gasteiger partial charge on any atom is -0.320 e. The van der Waals surface area contributed by atoms with E-state index in [0.717, 1.165) is 25.2 Å². The zero-order valence-electron chi connectivity index (χ0n) is 10.4. The Balaban J connectivity index is 2.13. The summed E-state index contributed by atoms with van der Waals surface area (Å²) in [4.78, 5) is 22.0. The number of nitrogens with zero attached hydrogens (tertiary/aromatic N) is 1. The van der Waals surface area contributed by atoms with E-state index in [1.54, 1.807) is 6.92 Å². The highest BCUT2D eigenvalue weighted by atomic mass is 19.1. The van der Waals surface area contributed by atoms with Crippen LogP contribution >= 0.6 is 0 Å². The lowest BCUT2D eigenvalue weighted by molar-refractivity contribution is -0.384. The molecule has 1 aromatic rings. The molecular weight excluding hydrogens is 253 g/mol. The summed E-state index contributed by atoms with van der Waals surface area (Å²) in [5, 5.41) is 16.4. The number of nitrogens with one attached hydrogen (secondary N) is 2. The molecule has 1 atom stereocenters. The number of amides is 1. The Morgan fingerprint density at radius 1 is 1.58 bits per heavy atom. The second kappa shape index (κ2) is 5.31. The molecule has 6 nitrogen and oxygen atoms in total. The first-order chi connectivity index (χ1) is 8.99. The molecule has 7 heteroatoms. The van der Waals surface area contributed by atoms with Gasteiger partial charge in [0.25, 0.3) is 5.69 Å². The average Bonchev–Trinajstić information content (AvgIpc) is 2.28. The molecule has 0 radical (unpaired) electrons. The lowest BCUT2D eigenvalue weighted by Crippen LogP contribution is -2.48. The lowest BCUT2D eigenvalue weighted by atomic mass is 9.88. The Kier molecular flexibility index (Phi) is 3.75. The van der Waals surface area contributed by atoms with Crippen LogP contribution in [0.1, 0.15) is 6.92 Å². The van der Waals surface area contributed by atoms with Crippen molar-refractivity contribution in [1.29, 1.82) is 0 Å². The minimum atomic E-state index is -0.714. The van der Waals surface area contributed by atoms with E-state index in [1.165, 1.54) is 6.07 Å². The quantitative estimate of drug-likeness (QED) is 0.640. The second-order valence-corrected chi connectivity index (χ2v) is 4.61. The van der Waals surface area contributed by atoms with Gasteiger partial charge in [-0.25, -0.2) is 4.39 Å². The zero-order chi connectivity index (χ0) is 14.0. The van der Waals surface area contributed by atoms with Crippen LogP contribution in [0.25, 0.3) is 0 Å². The molecule has 1 unspecified atom stereocenters. The molecule has 2 rings (SSSR count). The van der Waals surface area contributed by atoms with Crippen LogP contribution in [0.5, 0.6) is 0 Å². The van der Waals surface area contributed by atoms with Gasteiger partial charge in [0.15, 0.2) is 0 Å². The van der Waals surface area contributed by atoms with Gasteiger partial charge in [-0.3, -0.25) is 14.9 Å². The predicted molar refractivity (Wildman–Crippen MR) is 67.2 cm³/mol. The number of rotatable bonds is 4. The van der Waals surface area contributed by atoms with Crippen molar-refractivity contribution in [2.45, 2.75) is 6.92 Å². The van der Waals surface area contributed by atoms with Crippen molar-refractivity contribution in [3.8, 4) is 0 Å². The number of anilines is 1. The zero-order valence-corrected chi connectivity index (χ0v) is 10.4. The Hall–Kier alpha value is -2.02. The molecule has 19 heavy (non-hydrogen) atoms. The molecule has 1 aromatic carbocycles. The van der Waals surface area contributed by atoms with E-state index >= 15 is 0 Å². The van der Waals surface area contributed by atoms with Gasteiger partial charge in [-0.2, -0.15) is 0 Å². The summed E-state index contributed by atoms with van der Waals surface area (Å²) >= 11 is 0. The van der Waals surface area contributed by atoms with Crippen LogP contribution in [0.3, 0.4) is 0 Å². The number of nitro benzene ring substituents is 1. The molecule has 0 saturated carbocycles. The monoisotopic (exact) mass is 267 g/mol. The molecule has 2 N–H and O–H groups in total. The topological polar surface area (TPSA) is 84.3 Å². The van der Waals surface area contributed by atoms with Crippen molar-refractivity contribution in [1.82, 2.24) is 5.32 Å². The lowest BCUT2D eigenvalue weighted by Gasteiger charge is -2.31. The standard InChI is InChI=1S/C12H14FN3O3/c1-7(8-5-14-6-8)12(17)15-10-3-2-9(13)4-11(10)16(18)19/h2-4,7-8,14H,5-6H2,1H3,(H,15,17). The maximum Gasteiger partial charge on any atom is 0.295 e. The molecule has 102 valence electrons. The van der Waals surface area contributed by atoms with Gasteiger partial charge in [-0.15, -0.1) is 0 Å². The first-order valence-electron chi connectivity index (χ1n) is 5.94. The summed E-state index contributed by atoms with van der Waals surface area (Å²) in [6, 6.07) is 3.08. The smallest absolute Gasteiger partial charge is 0.295 e. The maximum absolute atomic E-state index is 13.0. The van der Waals surface area contributed by atoms with Crippen molar-refractivity contribution in [2.24, 2.45) is 11.8 Å². The fourth-order valence-corrected chi connectivity index (χ4v) is 1.89. The van der Waals surface area contributed by atoms with Crippen LogP contribution in [0, 0.1) is 27.8 Å². The predicted octanol–water partition coefficient (Wildman–Crippen LogP) is 1.53. The van der Waals surface area contributed by atoms with Crippen molar-refractivity contribution in [2.75, 3.05) is 18.4 Å². The fourth-order valence-electron chi connectivity index (χ4n) is 1.89. The van der Waals surface area contributed by atoms with E-state index in [1.807, 2.05) is 0 Å². The van der Waals surface area contributed by atoms with Gasteiger partial charge in [-0.05, 0) is 31.1 Å². The van der Waals surface area contributed by atoms with Crippen molar-refractivity contribution >= 4 is 17.3 Å². The minimum absolute atomic E-state index is 0.0236. The highest BCUT2D eigenvalue weighted by Crippen LogP contribution is 2.26. The Morgan fingerprint density at radius 3 is 2.79 bits per heavy atom.